The summed E-state index contributed by atoms with van der Waals surface area (Å²) in [7, 11) is 0. The number of carbonyl (C=O) groups excluding carboxylic acids is 3. The summed E-state index contributed by atoms with van der Waals surface area (Å²) in [5.41, 5.74) is 0. The van der Waals surface area contributed by atoms with Gasteiger partial charge in [-0.1, -0.05) is 312 Å². The molecule has 0 heterocycles. The van der Waals surface area contributed by atoms with E-state index in [1.165, 1.54) is 218 Å². The molecular formula is C72H128O6. The van der Waals surface area contributed by atoms with E-state index in [4.69, 9.17) is 14.2 Å². The lowest BCUT2D eigenvalue weighted by Crippen LogP contribution is -2.30. The third kappa shape index (κ3) is 63.7. The van der Waals surface area contributed by atoms with Crippen LogP contribution in [-0.2, 0) is 28.6 Å². The molecule has 0 radical (unpaired) electrons. The molecule has 0 amide bonds. The first-order chi connectivity index (χ1) is 38.5. The Bertz CT molecular complexity index is 1440. The summed E-state index contributed by atoms with van der Waals surface area (Å²) in [5.74, 6) is -0.857. The van der Waals surface area contributed by atoms with Crippen LogP contribution >= 0.6 is 0 Å². The van der Waals surface area contributed by atoms with E-state index in [-0.39, 0.29) is 31.1 Å². The molecule has 0 saturated heterocycles. The number of carbonyl (C=O) groups is 3. The molecule has 0 aromatic carbocycles. The van der Waals surface area contributed by atoms with Crippen LogP contribution in [0.3, 0.4) is 0 Å². The topological polar surface area (TPSA) is 78.9 Å². The number of allylic oxidation sites excluding steroid dienone is 12. The van der Waals surface area contributed by atoms with Crippen LogP contribution in [0.4, 0.5) is 0 Å². The summed E-state index contributed by atoms with van der Waals surface area (Å²) in [4.78, 5) is 38.3. The zero-order valence-corrected chi connectivity index (χ0v) is 51.9. The van der Waals surface area contributed by atoms with Gasteiger partial charge in [0, 0.05) is 19.3 Å². The molecule has 0 bridgehead atoms. The van der Waals surface area contributed by atoms with E-state index in [0.29, 0.717) is 19.3 Å². The van der Waals surface area contributed by atoms with Crippen LogP contribution < -0.4 is 0 Å². The number of unbranched alkanes of at least 4 members (excludes halogenated alkanes) is 39. The Morgan fingerprint density at radius 3 is 0.782 bits per heavy atom. The summed E-state index contributed by atoms with van der Waals surface area (Å²) >= 11 is 0. The smallest absolute Gasteiger partial charge is 0.306 e. The lowest BCUT2D eigenvalue weighted by molar-refractivity contribution is -0.167. The molecule has 0 aliphatic heterocycles. The largest absolute Gasteiger partial charge is 0.462 e. The minimum atomic E-state index is -0.774. The summed E-state index contributed by atoms with van der Waals surface area (Å²) in [6.45, 7) is 6.55. The highest BCUT2D eigenvalue weighted by Gasteiger charge is 2.19. The number of ether oxygens (including phenoxy) is 3. The van der Waals surface area contributed by atoms with Crippen molar-refractivity contribution in [3.63, 3.8) is 0 Å². The highest BCUT2D eigenvalue weighted by molar-refractivity contribution is 5.71. The van der Waals surface area contributed by atoms with Gasteiger partial charge in [-0.25, -0.2) is 0 Å². The Hall–Kier alpha value is -3.15. The lowest BCUT2D eigenvalue weighted by Gasteiger charge is -2.18. The first-order valence-electron chi connectivity index (χ1n) is 33.9. The number of hydrogen-bond acceptors (Lipinski definition) is 6. The molecule has 0 spiro atoms. The predicted molar refractivity (Wildman–Crippen MR) is 339 cm³/mol. The highest BCUT2D eigenvalue weighted by Crippen LogP contribution is 2.17. The minimum absolute atomic E-state index is 0.0718. The van der Waals surface area contributed by atoms with Gasteiger partial charge in [-0.3, -0.25) is 14.4 Å². The van der Waals surface area contributed by atoms with Crippen molar-refractivity contribution in [2.75, 3.05) is 13.2 Å². The van der Waals surface area contributed by atoms with Crippen LogP contribution in [0.25, 0.3) is 0 Å². The van der Waals surface area contributed by atoms with Crippen molar-refractivity contribution in [1.82, 2.24) is 0 Å². The Morgan fingerprint density at radius 2 is 0.500 bits per heavy atom. The first kappa shape index (κ1) is 74.8. The summed E-state index contributed by atoms with van der Waals surface area (Å²) in [5, 5.41) is 0. The van der Waals surface area contributed by atoms with Gasteiger partial charge in [0.15, 0.2) is 6.10 Å². The molecule has 6 nitrogen and oxygen atoms in total. The first-order valence-corrected chi connectivity index (χ1v) is 33.9. The van der Waals surface area contributed by atoms with Gasteiger partial charge in [0.05, 0.1) is 0 Å². The molecule has 1 unspecified atom stereocenters. The summed E-state index contributed by atoms with van der Waals surface area (Å²) in [6.07, 6.45) is 86.4. The Balaban J connectivity index is 4.19. The van der Waals surface area contributed by atoms with E-state index in [2.05, 4.69) is 93.7 Å². The molecule has 0 aliphatic rings. The average Bonchev–Trinajstić information content (AvgIpc) is 3.44. The number of esters is 3. The van der Waals surface area contributed by atoms with Crippen LogP contribution in [0.5, 0.6) is 0 Å². The summed E-state index contributed by atoms with van der Waals surface area (Å²) in [6, 6.07) is 0. The molecule has 0 aromatic rings. The van der Waals surface area contributed by atoms with Crippen molar-refractivity contribution in [3.05, 3.63) is 72.9 Å². The molecule has 6 heteroatoms. The minimum Gasteiger partial charge on any atom is -0.462 e. The molecular weight excluding hydrogens is 961 g/mol. The SMILES string of the molecule is CC/C=C\C/C=C\C/C=C\C/C=C\CCCCCCCCCCCCCCCCC(=O)OCC(COC(=O)CCCCCCCCCCCC)OC(=O)CCCCCCCCCCCCC/C=C\C/C=C\CCCCCCC. The van der Waals surface area contributed by atoms with Crippen LogP contribution in [0.15, 0.2) is 72.9 Å². The van der Waals surface area contributed by atoms with Crippen molar-refractivity contribution >= 4 is 17.9 Å². The fourth-order valence-electron chi connectivity index (χ4n) is 9.88. The molecule has 78 heavy (non-hydrogen) atoms. The molecule has 0 aromatic heterocycles. The van der Waals surface area contributed by atoms with Gasteiger partial charge in [-0.2, -0.15) is 0 Å². The second-order valence-electron chi connectivity index (χ2n) is 22.7. The standard InChI is InChI=1S/C72H128O6/c1-4-7-10-13-16-19-22-24-26-28-30-32-34-35-36-37-39-40-42-44-46-48-50-53-56-59-62-65-71(74)77-68-69(67-76-70(73)64-61-58-55-52-21-18-15-12-9-6-3)78-72(75)66-63-60-57-54-51-49-47-45-43-41-38-33-31-29-27-25-23-20-17-14-11-8-5-2/h7,10,16,19,23-26,29-32,69H,4-6,8-9,11-15,17-18,20-22,27-28,33-68H2,1-3H3/b10-7-,19-16-,25-23-,26-24-,31-29-,32-30-. The van der Waals surface area contributed by atoms with E-state index >= 15 is 0 Å². The zero-order valence-electron chi connectivity index (χ0n) is 51.9. The quantitative estimate of drug-likeness (QED) is 0.0261. The van der Waals surface area contributed by atoms with Gasteiger partial charge in [-0.15, -0.1) is 0 Å². The number of hydrogen-bond donors (Lipinski definition) is 0. The molecule has 1 atom stereocenters. The molecule has 0 fully saturated rings. The third-order valence-corrected chi connectivity index (χ3v) is 14.9. The lowest BCUT2D eigenvalue weighted by atomic mass is 10.0. The van der Waals surface area contributed by atoms with Crippen LogP contribution in [0.2, 0.25) is 0 Å². The molecule has 0 aliphatic carbocycles. The van der Waals surface area contributed by atoms with Gasteiger partial charge >= 0.3 is 17.9 Å². The van der Waals surface area contributed by atoms with E-state index in [9.17, 15) is 14.4 Å². The molecule has 0 saturated carbocycles. The maximum absolute atomic E-state index is 12.9. The van der Waals surface area contributed by atoms with Crippen molar-refractivity contribution in [3.8, 4) is 0 Å². The molecule has 0 rings (SSSR count). The Morgan fingerprint density at radius 1 is 0.269 bits per heavy atom. The molecule has 452 valence electrons. The predicted octanol–water partition coefficient (Wildman–Crippen LogP) is 23.3. The third-order valence-electron chi connectivity index (χ3n) is 14.9. The maximum Gasteiger partial charge on any atom is 0.306 e. The normalized spacial score (nSPS) is 12.5. The second kappa shape index (κ2) is 66.4. The van der Waals surface area contributed by atoms with Gasteiger partial charge in [0.1, 0.15) is 13.2 Å². The second-order valence-corrected chi connectivity index (χ2v) is 22.7. The van der Waals surface area contributed by atoms with E-state index < -0.39 is 6.10 Å². The molecule has 0 N–H and O–H groups in total. The van der Waals surface area contributed by atoms with Crippen LogP contribution in [0, 0.1) is 0 Å². The van der Waals surface area contributed by atoms with Crippen molar-refractivity contribution in [2.45, 2.75) is 354 Å². The van der Waals surface area contributed by atoms with Gasteiger partial charge in [0.25, 0.3) is 0 Å². The monoisotopic (exact) mass is 1090 g/mol. The van der Waals surface area contributed by atoms with E-state index in [1.54, 1.807) is 0 Å². The van der Waals surface area contributed by atoms with Gasteiger partial charge in [0.2, 0.25) is 0 Å². The summed E-state index contributed by atoms with van der Waals surface area (Å²) < 4.78 is 16.9. The van der Waals surface area contributed by atoms with Crippen LogP contribution in [0.1, 0.15) is 348 Å². The van der Waals surface area contributed by atoms with Crippen molar-refractivity contribution in [1.29, 1.82) is 0 Å². The van der Waals surface area contributed by atoms with Crippen molar-refractivity contribution < 1.29 is 28.6 Å². The van der Waals surface area contributed by atoms with Crippen molar-refractivity contribution in [2.24, 2.45) is 0 Å². The van der Waals surface area contributed by atoms with E-state index in [0.717, 1.165) is 89.9 Å². The Labute approximate surface area is 484 Å². The van der Waals surface area contributed by atoms with Crippen LogP contribution in [-0.4, -0.2) is 37.2 Å². The highest BCUT2D eigenvalue weighted by atomic mass is 16.6. The zero-order chi connectivity index (χ0) is 56.4. The maximum atomic E-state index is 12.9. The van der Waals surface area contributed by atoms with E-state index in [1.807, 2.05) is 0 Å². The van der Waals surface area contributed by atoms with Gasteiger partial charge in [-0.05, 0) is 89.9 Å². The number of rotatable bonds is 62. The fourth-order valence-corrected chi connectivity index (χ4v) is 9.88. The van der Waals surface area contributed by atoms with Gasteiger partial charge < -0.3 is 14.2 Å². The Kier molecular flexibility index (Phi) is 63.7. The average molecular weight is 1090 g/mol. The fraction of sp³-hybridized carbons (Fsp3) is 0.792.